The first kappa shape index (κ1) is 81.0. The zero-order chi connectivity index (χ0) is 63.3. The molecule has 0 bridgehead atoms. The predicted molar refractivity (Wildman–Crippen MR) is 347 cm³/mol. The number of hydrogen-bond acceptors (Lipinski definition) is 16. The van der Waals surface area contributed by atoms with E-state index in [4.69, 9.17) is 49.3 Å². The molecule has 4 rings (SSSR count). The van der Waals surface area contributed by atoms with Gasteiger partial charge in [0.05, 0.1) is 49.5 Å². The van der Waals surface area contributed by atoms with Gasteiger partial charge in [-0.05, 0) is 284 Å². The van der Waals surface area contributed by atoms with Crippen LogP contribution in [0, 0.1) is 16.2 Å². The van der Waals surface area contributed by atoms with Gasteiger partial charge >= 0.3 is 17.9 Å². The van der Waals surface area contributed by atoms with Crippen LogP contribution in [0.1, 0.15) is 276 Å². The van der Waals surface area contributed by atoms with E-state index < -0.39 is 16.2 Å². The molecular formula is C64H125Cl3N10O6. The Balaban J connectivity index is 0.00000134. The van der Waals surface area contributed by atoms with Crippen molar-refractivity contribution in [2.24, 2.45) is 16.2 Å². The maximum Gasteiger partial charge on any atom is 0.330 e. The van der Waals surface area contributed by atoms with Crippen molar-refractivity contribution in [2.75, 3.05) is 32.7 Å². The summed E-state index contributed by atoms with van der Waals surface area (Å²) in [6.45, 7) is 55.3. The minimum absolute atomic E-state index is 0. The molecule has 83 heavy (non-hydrogen) atoms. The first-order valence-electron chi connectivity index (χ1n) is 31.1. The first-order chi connectivity index (χ1) is 37.4. The van der Waals surface area contributed by atoms with Gasteiger partial charge in [-0.2, -0.15) is 15.0 Å². The summed E-state index contributed by atoms with van der Waals surface area (Å²) < 4.78 is 0. The first-order valence-corrected chi connectivity index (χ1v) is 32.2. The quantitative estimate of drug-likeness (QED) is 0.0806. The lowest BCUT2D eigenvalue weighted by atomic mass is 9.79. The van der Waals surface area contributed by atoms with Crippen LogP contribution in [0.4, 0.5) is 0 Å². The number of nitrogens with one attached hydrogen (secondary N) is 4. The van der Waals surface area contributed by atoms with E-state index in [0.29, 0.717) is 18.1 Å². The summed E-state index contributed by atoms with van der Waals surface area (Å²) >= 11 is 16.0. The summed E-state index contributed by atoms with van der Waals surface area (Å²) in [6.07, 6.45) is 18.2. The fraction of sp³-hybridized carbons (Fsp3) is 0.906. The van der Waals surface area contributed by atoms with E-state index in [1.165, 1.54) is 64.5 Å². The average Bonchev–Trinajstić information content (AvgIpc) is 3.30. The van der Waals surface area contributed by atoms with Crippen LogP contribution in [-0.2, 0) is 28.9 Å². The van der Waals surface area contributed by atoms with Gasteiger partial charge in [-0.1, -0.05) is 60.3 Å². The SMILES string of the molecule is C.CC(C)(C)C(=O)ON1C(C)(C)CC(NCCCCCCNC2CC(C)(C)N(OC(=O)C(C)(C)C)C(C)(C)C2)CC1(C)C.CCCCNC1CC(C)(C)N(OC(=O)C(C)(C)C)C(C)(C)C1.CCCCNCCCC.Clc1nc(Cl)nc(Cl)n1. The number of unbranched alkanes of at least 4 members (excludes halogenated alkanes) is 6. The van der Waals surface area contributed by atoms with Crippen LogP contribution in [0.15, 0.2) is 0 Å². The molecule has 3 aliphatic heterocycles. The fourth-order valence-electron chi connectivity index (χ4n) is 11.4. The van der Waals surface area contributed by atoms with Crippen molar-refractivity contribution in [2.45, 2.75) is 328 Å². The molecule has 1 aromatic rings. The van der Waals surface area contributed by atoms with Crippen LogP contribution in [0.3, 0.4) is 0 Å². The second-order valence-corrected chi connectivity index (χ2v) is 31.2. The molecule has 0 unspecified atom stereocenters. The third kappa shape index (κ3) is 29.7. The molecule has 3 aliphatic rings. The Bertz CT molecular complexity index is 1870. The van der Waals surface area contributed by atoms with Crippen molar-refractivity contribution in [1.82, 2.24) is 51.4 Å². The zero-order valence-electron chi connectivity index (χ0n) is 56.3. The van der Waals surface area contributed by atoms with Gasteiger partial charge in [-0.25, -0.2) is 14.4 Å². The van der Waals surface area contributed by atoms with Crippen LogP contribution >= 0.6 is 34.8 Å². The molecule has 19 heteroatoms. The van der Waals surface area contributed by atoms with Crippen LogP contribution < -0.4 is 21.3 Å². The van der Waals surface area contributed by atoms with Crippen molar-refractivity contribution in [3.8, 4) is 0 Å². The number of rotatable bonds is 22. The summed E-state index contributed by atoms with van der Waals surface area (Å²) in [5, 5.41) is 20.5. The number of piperidine rings is 3. The minimum atomic E-state index is -0.524. The average molecular weight is 1240 g/mol. The molecule has 0 saturated carbocycles. The van der Waals surface area contributed by atoms with Crippen LogP contribution in [0.5, 0.6) is 0 Å². The summed E-state index contributed by atoms with van der Waals surface area (Å²) in [7, 11) is 0. The van der Waals surface area contributed by atoms with Crippen molar-refractivity contribution in [3.05, 3.63) is 15.9 Å². The van der Waals surface area contributed by atoms with Crippen LogP contribution in [-0.4, -0.2) is 132 Å². The third-order valence-corrected chi connectivity index (χ3v) is 15.5. The predicted octanol–water partition coefficient (Wildman–Crippen LogP) is 15.3. The van der Waals surface area contributed by atoms with Crippen molar-refractivity contribution in [3.63, 3.8) is 0 Å². The Hall–Kier alpha value is -1.99. The van der Waals surface area contributed by atoms with Gasteiger partial charge < -0.3 is 35.8 Å². The van der Waals surface area contributed by atoms with Crippen molar-refractivity contribution >= 4 is 52.7 Å². The molecule has 1 aromatic heterocycles. The number of aromatic nitrogens is 3. The van der Waals surface area contributed by atoms with E-state index in [1.807, 2.05) is 77.5 Å². The standard InChI is InChI=1S/C34H66N4O4.C18H36N2O2.C8H19N.C3Cl3N3.CH4/c1-29(2,3)27(39)41-37-31(7,8)21-25(22-32(37,9)10)35-19-17-15-16-18-20-36-26-23-33(11,12)38(34(13,14)24-26)42-28(40)30(4,5)6;1-9-10-11-19-14-12-17(5,6)20(18(7,8)13-14)22-15(21)16(2,3)4;1-3-5-7-9-8-6-4-2;4-1-7-2(5)9-3(6)8-1;/h25-26,35-36H,15-24H2,1-14H3;14,19H,9-13H2,1-8H3;9H,3-8H2,1-2H3;;1H4. The molecule has 4 N–H and O–H groups in total. The summed E-state index contributed by atoms with van der Waals surface area (Å²) in [4.78, 5) is 65.7. The monoisotopic (exact) mass is 1230 g/mol. The molecule has 3 saturated heterocycles. The zero-order valence-corrected chi connectivity index (χ0v) is 58.6. The van der Waals surface area contributed by atoms with Gasteiger partial charge in [-0.15, -0.1) is 15.2 Å². The normalized spacial score (nSPS) is 20.0. The van der Waals surface area contributed by atoms with E-state index in [2.05, 4.69) is 140 Å². The van der Waals surface area contributed by atoms with Gasteiger partial charge in [0.25, 0.3) is 0 Å². The lowest BCUT2D eigenvalue weighted by Gasteiger charge is -2.53. The Morgan fingerprint density at radius 2 is 0.614 bits per heavy atom. The van der Waals surface area contributed by atoms with Gasteiger partial charge in [-0.3, -0.25) is 0 Å². The molecule has 0 amide bonds. The Morgan fingerprint density at radius 1 is 0.410 bits per heavy atom. The Morgan fingerprint density at radius 3 is 0.819 bits per heavy atom. The summed E-state index contributed by atoms with van der Waals surface area (Å²) in [5.74, 6) is -0.515. The van der Waals surface area contributed by atoms with Crippen molar-refractivity contribution in [1.29, 1.82) is 0 Å². The highest BCUT2D eigenvalue weighted by Crippen LogP contribution is 2.42. The Kier molecular flexibility index (Phi) is 34.4. The van der Waals surface area contributed by atoms with E-state index in [1.54, 1.807) is 0 Å². The number of halogens is 3. The molecule has 3 fully saturated rings. The third-order valence-electron chi connectivity index (χ3n) is 15.0. The largest absolute Gasteiger partial charge is 0.366 e. The number of hydrogen-bond donors (Lipinski definition) is 4. The van der Waals surface area contributed by atoms with E-state index in [-0.39, 0.29) is 74.4 Å². The highest BCUT2D eigenvalue weighted by molar-refractivity contribution is 6.33. The summed E-state index contributed by atoms with van der Waals surface area (Å²) in [6, 6.07) is 1.28. The molecule has 0 atom stereocenters. The second kappa shape index (κ2) is 35.3. The number of carbonyl (C=O) groups excluding carboxylic acids is 3. The lowest BCUT2D eigenvalue weighted by molar-refractivity contribution is -0.274. The maximum atomic E-state index is 12.6. The van der Waals surface area contributed by atoms with Gasteiger partial charge in [0.2, 0.25) is 15.9 Å². The molecule has 4 heterocycles. The molecule has 0 spiro atoms. The van der Waals surface area contributed by atoms with Crippen LogP contribution in [0.2, 0.25) is 15.9 Å². The summed E-state index contributed by atoms with van der Waals surface area (Å²) in [5.41, 5.74) is -2.83. The van der Waals surface area contributed by atoms with Crippen molar-refractivity contribution < 1.29 is 28.9 Å². The van der Waals surface area contributed by atoms with E-state index >= 15 is 0 Å². The minimum Gasteiger partial charge on any atom is -0.366 e. The maximum absolute atomic E-state index is 12.6. The van der Waals surface area contributed by atoms with E-state index in [0.717, 1.165) is 71.0 Å². The molecule has 0 aromatic carbocycles. The highest BCUT2D eigenvalue weighted by atomic mass is 35.5. The number of hydroxylamine groups is 6. The van der Waals surface area contributed by atoms with E-state index in [9.17, 15) is 14.4 Å². The number of carbonyl (C=O) groups is 3. The number of nitrogens with zero attached hydrogens (tertiary/aromatic N) is 6. The molecule has 488 valence electrons. The molecular weight excluding hydrogens is 1110 g/mol. The smallest absolute Gasteiger partial charge is 0.330 e. The molecule has 0 radical (unpaired) electrons. The molecule has 0 aliphatic carbocycles. The van der Waals surface area contributed by atoms with Crippen LogP contribution in [0.25, 0.3) is 0 Å². The second-order valence-electron chi connectivity index (χ2n) is 30.2. The fourth-order valence-corrected chi connectivity index (χ4v) is 12.0. The van der Waals surface area contributed by atoms with Gasteiger partial charge in [0, 0.05) is 18.1 Å². The lowest BCUT2D eigenvalue weighted by Crippen LogP contribution is -2.64. The highest BCUT2D eigenvalue weighted by Gasteiger charge is 2.51. The topological polar surface area (TPSA) is 175 Å². The molecule has 16 nitrogen and oxygen atoms in total. The van der Waals surface area contributed by atoms with Gasteiger partial charge in [0.15, 0.2) is 0 Å². The van der Waals surface area contributed by atoms with Gasteiger partial charge in [0.1, 0.15) is 0 Å². The Labute approximate surface area is 522 Å².